The van der Waals surface area contributed by atoms with Crippen LogP contribution in [0.3, 0.4) is 0 Å². The summed E-state index contributed by atoms with van der Waals surface area (Å²) in [6, 6.07) is 23.5. The van der Waals surface area contributed by atoms with Gasteiger partial charge in [-0.2, -0.15) is 0 Å². The standard InChI is InChI=1S/C40H43BINO7/c1-48-35-21-25(20-33(42)38(35)44)19-27(26-11-5-2-6-12-26)17-18-34-36-28(24-49-30-15-9-4-10-16-30)22-31-37(32(36)23-41(47)50-34)40(46)43(39(31)45)29-13-7-3-8-14-29/h2,4-6,9-12,15-16,19-21,29,31-32,34,37,44,47H,3,7-8,13-14,17-18,22-24H2,1H3/b27-19-/t31-,32+,34-,37-/m1/s1. The summed E-state index contributed by atoms with van der Waals surface area (Å²) in [5, 5.41) is 21.6. The number of rotatable bonds is 10. The maximum Gasteiger partial charge on any atom is 0.455 e. The number of fused-ring (bicyclic) bond motifs is 3. The molecule has 3 aromatic carbocycles. The van der Waals surface area contributed by atoms with Gasteiger partial charge in [-0.3, -0.25) is 14.5 Å². The molecule has 4 aliphatic rings. The largest absolute Gasteiger partial charge is 0.504 e. The number of carbonyl (C=O) groups is 2. The molecule has 50 heavy (non-hydrogen) atoms. The van der Waals surface area contributed by atoms with Crippen molar-refractivity contribution in [2.75, 3.05) is 13.7 Å². The molecule has 2 amide bonds. The molecule has 1 saturated carbocycles. The van der Waals surface area contributed by atoms with Crippen LogP contribution in [0, 0.1) is 21.3 Å². The van der Waals surface area contributed by atoms with E-state index in [1.165, 1.54) is 7.11 Å². The summed E-state index contributed by atoms with van der Waals surface area (Å²) in [6.07, 6.45) is 8.43. The van der Waals surface area contributed by atoms with Gasteiger partial charge in [0.25, 0.3) is 0 Å². The van der Waals surface area contributed by atoms with Crippen LogP contribution in [0.5, 0.6) is 17.2 Å². The highest BCUT2D eigenvalue weighted by Crippen LogP contribution is 2.52. The molecule has 2 saturated heterocycles. The van der Waals surface area contributed by atoms with E-state index in [0.717, 1.165) is 65.7 Å². The molecule has 0 aromatic heterocycles. The van der Waals surface area contributed by atoms with E-state index in [1.807, 2.05) is 60.7 Å². The van der Waals surface area contributed by atoms with E-state index in [2.05, 4.69) is 40.8 Å². The number of nitrogens with zero attached hydrogens (tertiary/aromatic N) is 1. The first kappa shape index (κ1) is 34.8. The third kappa shape index (κ3) is 7.12. The van der Waals surface area contributed by atoms with Gasteiger partial charge in [0, 0.05) is 6.04 Å². The Labute approximate surface area is 307 Å². The normalized spacial score (nSPS) is 24.3. The van der Waals surface area contributed by atoms with Gasteiger partial charge in [-0.15, -0.1) is 0 Å². The number of allylic oxidation sites excluding steroid dienone is 1. The summed E-state index contributed by atoms with van der Waals surface area (Å²) in [5.74, 6) is -0.161. The molecular weight excluding hydrogens is 744 g/mol. The van der Waals surface area contributed by atoms with Gasteiger partial charge < -0.3 is 24.3 Å². The van der Waals surface area contributed by atoms with Gasteiger partial charge >= 0.3 is 7.12 Å². The summed E-state index contributed by atoms with van der Waals surface area (Å²) >= 11 is 2.10. The number of ether oxygens (including phenoxy) is 2. The SMILES string of the molecule is COc1cc(/C=C(/CC[C@H]2OB(O)C[C@H]3C2=C(COc2ccccc2)C[C@H]2C(=O)N(C4CCCCC4)C(=O)[C@H]23)c2ccccc2)cc(I)c1O. The zero-order chi connectivity index (χ0) is 34.8. The molecule has 2 N–H and O–H groups in total. The molecule has 2 heterocycles. The molecule has 3 fully saturated rings. The average molecular weight is 788 g/mol. The predicted molar refractivity (Wildman–Crippen MR) is 201 cm³/mol. The van der Waals surface area contributed by atoms with Crippen molar-refractivity contribution in [3.63, 3.8) is 0 Å². The number of hydrogen-bond donors (Lipinski definition) is 2. The third-order valence-corrected chi connectivity index (χ3v) is 11.7. The molecule has 10 heteroatoms. The Kier molecular flexibility index (Phi) is 10.7. The molecule has 3 aromatic rings. The molecule has 260 valence electrons. The number of amides is 2. The maximum absolute atomic E-state index is 14.3. The lowest BCUT2D eigenvalue weighted by molar-refractivity contribution is -0.143. The molecule has 0 radical (unpaired) electrons. The van der Waals surface area contributed by atoms with Gasteiger partial charge in [-0.25, -0.2) is 0 Å². The monoisotopic (exact) mass is 787 g/mol. The van der Waals surface area contributed by atoms with Crippen LogP contribution in [0.4, 0.5) is 0 Å². The van der Waals surface area contributed by atoms with E-state index >= 15 is 0 Å². The second-order valence-corrected chi connectivity index (χ2v) is 15.0. The summed E-state index contributed by atoms with van der Waals surface area (Å²) < 4.78 is 18.8. The van der Waals surface area contributed by atoms with Gasteiger partial charge in [0.15, 0.2) is 11.5 Å². The lowest BCUT2D eigenvalue weighted by Gasteiger charge is -2.43. The summed E-state index contributed by atoms with van der Waals surface area (Å²) in [4.78, 5) is 29.9. The fraction of sp³-hybridized carbons (Fsp3) is 0.400. The second kappa shape index (κ2) is 15.3. The number of phenols is 1. The third-order valence-electron chi connectivity index (χ3n) is 10.9. The number of halogens is 1. The number of benzene rings is 3. The minimum atomic E-state index is -1.05. The zero-order valence-electron chi connectivity index (χ0n) is 28.3. The Hall–Kier alpha value is -3.61. The van der Waals surface area contributed by atoms with Crippen LogP contribution in [0.2, 0.25) is 6.32 Å². The van der Waals surface area contributed by atoms with Gasteiger partial charge in [0.1, 0.15) is 12.4 Å². The Balaban J connectivity index is 1.23. The van der Waals surface area contributed by atoms with Crippen molar-refractivity contribution in [1.29, 1.82) is 0 Å². The Bertz CT molecular complexity index is 1770. The van der Waals surface area contributed by atoms with Crippen molar-refractivity contribution in [2.24, 2.45) is 17.8 Å². The van der Waals surface area contributed by atoms with E-state index in [4.69, 9.17) is 14.1 Å². The van der Waals surface area contributed by atoms with E-state index in [-0.39, 0.29) is 42.5 Å². The van der Waals surface area contributed by atoms with Crippen LogP contribution in [-0.4, -0.2) is 59.8 Å². The zero-order valence-corrected chi connectivity index (χ0v) is 30.5. The van der Waals surface area contributed by atoms with Gasteiger partial charge in [0.05, 0.1) is 28.6 Å². The van der Waals surface area contributed by atoms with Crippen LogP contribution in [-0.2, 0) is 14.2 Å². The lowest BCUT2D eigenvalue weighted by atomic mass is 9.58. The Morgan fingerprint density at radius 3 is 2.44 bits per heavy atom. The molecule has 2 aliphatic heterocycles. The highest BCUT2D eigenvalue weighted by atomic mass is 127. The average Bonchev–Trinajstić information content (AvgIpc) is 3.39. The predicted octanol–water partition coefficient (Wildman–Crippen LogP) is 7.53. The second-order valence-electron chi connectivity index (χ2n) is 13.9. The van der Waals surface area contributed by atoms with E-state index in [9.17, 15) is 19.7 Å². The minimum absolute atomic E-state index is 0.0393. The number of para-hydroxylation sites is 1. The molecule has 2 aliphatic carbocycles. The first-order valence-corrected chi connectivity index (χ1v) is 18.8. The number of aromatic hydroxyl groups is 1. The highest BCUT2D eigenvalue weighted by Gasteiger charge is 2.58. The molecule has 0 bridgehead atoms. The fourth-order valence-electron chi connectivity index (χ4n) is 8.58. The van der Waals surface area contributed by atoms with Crippen LogP contribution >= 0.6 is 22.6 Å². The number of methoxy groups -OCH3 is 1. The van der Waals surface area contributed by atoms with E-state index in [0.29, 0.717) is 28.6 Å². The quantitative estimate of drug-likeness (QED) is 0.0720. The van der Waals surface area contributed by atoms with Gasteiger partial charge in [0.2, 0.25) is 11.8 Å². The maximum atomic E-state index is 14.3. The van der Waals surface area contributed by atoms with Crippen LogP contribution in [0.25, 0.3) is 11.6 Å². The molecule has 7 rings (SSSR count). The highest BCUT2D eigenvalue weighted by molar-refractivity contribution is 14.1. The number of phenolic OH excluding ortho intramolecular Hbond substituents is 1. The molecular formula is C40H43BINO7. The van der Waals surface area contributed by atoms with Gasteiger partial charge in [-0.1, -0.05) is 73.9 Å². The van der Waals surface area contributed by atoms with Crippen LogP contribution in [0.15, 0.2) is 83.9 Å². The topological polar surface area (TPSA) is 106 Å². The molecule has 0 unspecified atom stereocenters. The number of hydrogen-bond acceptors (Lipinski definition) is 7. The first-order chi connectivity index (χ1) is 24.3. The van der Waals surface area contributed by atoms with Crippen molar-refractivity contribution < 1.29 is 33.8 Å². The minimum Gasteiger partial charge on any atom is -0.504 e. The van der Waals surface area contributed by atoms with E-state index < -0.39 is 25.1 Å². The van der Waals surface area contributed by atoms with Crippen molar-refractivity contribution in [2.45, 2.75) is 69.8 Å². The summed E-state index contributed by atoms with van der Waals surface area (Å²) in [7, 11) is 0.486. The van der Waals surface area contributed by atoms with Crippen molar-refractivity contribution in [3.8, 4) is 17.2 Å². The molecule has 8 nitrogen and oxygen atoms in total. The van der Waals surface area contributed by atoms with Crippen LogP contribution < -0.4 is 9.47 Å². The van der Waals surface area contributed by atoms with E-state index in [1.54, 1.807) is 4.90 Å². The first-order valence-electron chi connectivity index (χ1n) is 17.7. The number of likely N-dealkylation sites (tertiary alicyclic amines) is 1. The van der Waals surface area contributed by atoms with Crippen molar-refractivity contribution in [1.82, 2.24) is 4.90 Å². The van der Waals surface area contributed by atoms with Crippen LogP contribution in [0.1, 0.15) is 62.5 Å². The molecule has 0 spiro atoms. The lowest BCUT2D eigenvalue weighted by Crippen LogP contribution is -2.47. The Morgan fingerprint density at radius 1 is 1.00 bits per heavy atom. The number of imide groups is 1. The van der Waals surface area contributed by atoms with Crippen molar-refractivity contribution >= 4 is 53.2 Å². The molecule has 4 atom stereocenters. The Morgan fingerprint density at radius 2 is 1.72 bits per heavy atom. The fourth-order valence-corrected chi connectivity index (χ4v) is 9.21. The smallest absolute Gasteiger partial charge is 0.455 e. The summed E-state index contributed by atoms with van der Waals surface area (Å²) in [6.45, 7) is 0.285. The van der Waals surface area contributed by atoms with Crippen molar-refractivity contribution in [3.05, 3.63) is 98.6 Å². The van der Waals surface area contributed by atoms with Gasteiger partial charge in [-0.05, 0) is 119 Å². The summed E-state index contributed by atoms with van der Waals surface area (Å²) in [5.41, 5.74) is 4.99. The number of carbonyl (C=O) groups excluding carboxylic acids is 2.